The molecule has 0 aliphatic heterocycles. The highest BCUT2D eigenvalue weighted by atomic mass is 16.5. The van der Waals surface area contributed by atoms with Crippen molar-refractivity contribution in [3.8, 4) is 0 Å². The summed E-state index contributed by atoms with van der Waals surface area (Å²) < 4.78 is 10.9. The molecule has 0 heterocycles. The van der Waals surface area contributed by atoms with Crippen LogP contribution in [0.1, 0.15) is 72.1 Å². The molecule has 122 valence electrons. The van der Waals surface area contributed by atoms with Gasteiger partial charge in [0.05, 0.1) is 6.10 Å². The lowest BCUT2D eigenvalue weighted by atomic mass is 9.60. The van der Waals surface area contributed by atoms with E-state index in [1.165, 1.54) is 45.4 Å². The summed E-state index contributed by atoms with van der Waals surface area (Å²) in [4.78, 5) is 11.1. The highest BCUT2D eigenvalue weighted by Crippen LogP contribution is 2.48. The first-order valence-corrected chi connectivity index (χ1v) is 8.63. The van der Waals surface area contributed by atoms with Crippen LogP contribution >= 0.6 is 0 Å². The Hall–Kier alpha value is -0.570. The first-order valence-electron chi connectivity index (χ1n) is 8.63. The molecule has 0 atom stereocenters. The third-order valence-electron chi connectivity index (χ3n) is 6.12. The number of rotatable bonds is 4. The van der Waals surface area contributed by atoms with Gasteiger partial charge < -0.3 is 9.47 Å². The van der Waals surface area contributed by atoms with Gasteiger partial charge in [-0.15, -0.1) is 0 Å². The summed E-state index contributed by atoms with van der Waals surface area (Å²) in [5, 5.41) is 0. The summed E-state index contributed by atoms with van der Waals surface area (Å²) in [5.41, 5.74) is 0.403. The number of hydrogen-bond acceptors (Lipinski definition) is 3. The molecular formula is C18H32O3. The minimum atomic E-state index is -0.129. The van der Waals surface area contributed by atoms with Crippen LogP contribution in [0.4, 0.5) is 0 Å². The topological polar surface area (TPSA) is 35.5 Å². The average Bonchev–Trinajstić information content (AvgIpc) is 2.47. The van der Waals surface area contributed by atoms with E-state index >= 15 is 0 Å². The second-order valence-corrected chi connectivity index (χ2v) is 7.61. The third-order valence-corrected chi connectivity index (χ3v) is 6.12. The third kappa shape index (κ3) is 4.21. The molecule has 0 aromatic heterocycles. The van der Waals surface area contributed by atoms with Gasteiger partial charge in [0.1, 0.15) is 6.10 Å². The van der Waals surface area contributed by atoms with Crippen molar-refractivity contribution in [2.24, 2.45) is 17.3 Å². The van der Waals surface area contributed by atoms with Gasteiger partial charge in [0.2, 0.25) is 0 Å². The van der Waals surface area contributed by atoms with E-state index in [-0.39, 0.29) is 12.1 Å². The molecule has 0 spiro atoms. The Balaban J connectivity index is 1.85. The Kier molecular flexibility index (Phi) is 5.70. The lowest BCUT2D eigenvalue weighted by molar-refractivity contribution is -0.148. The van der Waals surface area contributed by atoms with Crippen molar-refractivity contribution in [1.82, 2.24) is 0 Å². The predicted octanol–water partition coefficient (Wildman–Crippen LogP) is 4.34. The quantitative estimate of drug-likeness (QED) is 0.724. The summed E-state index contributed by atoms with van der Waals surface area (Å²) in [6, 6.07) is 0. The first kappa shape index (κ1) is 16.8. The lowest BCUT2D eigenvalue weighted by Gasteiger charge is -2.46. The summed E-state index contributed by atoms with van der Waals surface area (Å²) in [7, 11) is 1.84. The molecule has 2 saturated carbocycles. The molecule has 3 nitrogen and oxygen atoms in total. The van der Waals surface area contributed by atoms with Gasteiger partial charge in [-0.05, 0) is 68.6 Å². The fourth-order valence-corrected chi connectivity index (χ4v) is 4.54. The molecule has 21 heavy (non-hydrogen) atoms. The molecule has 0 aromatic carbocycles. The first-order chi connectivity index (χ1) is 9.93. The van der Waals surface area contributed by atoms with Crippen LogP contribution in [-0.2, 0) is 14.3 Å². The summed E-state index contributed by atoms with van der Waals surface area (Å²) in [5.74, 6) is 1.46. The lowest BCUT2D eigenvalue weighted by Crippen LogP contribution is -2.39. The van der Waals surface area contributed by atoms with Crippen LogP contribution in [0.2, 0.25) is 0 Å². The van der Waals surface area contributed by atoms with Crippen molar-refractivity contribution in [1.29, 1.82) is 0 Å². The average molecular weight is 296 g/mol. The minimum absolute atomic E-state index is 0.129. The number of esters is 1. The van der Waals surface area contributed by atoms with Gasteiger partial charge in [0, 0.05) is 14.0 Å². The number of methoxy groups -OCH3 is 1. The van der Waals surface area contributed by atoms with Crippen molar-refractivity contribution < 1.29 is 14.3 Å². The Bertz CT molecular complexity index is 334. The molecule has 2 rings (SSSR count). The highest BCUT2D eigenvalue weighted by molar-refractivity contribution is 5.66. The Morgan fingerprint density at radius 1 is 0.857 bits per heavy atom. The number of carbonyl (C=O) groups is 1. The largest absolute Gasteiger partial charge is 0.463 e. The van der Waals surface area contributed by atoms with E-state index in [9.17, 15) is 4.79 Å². The molecule has 2 fully saturated rings. The van der Waals surface area contributed by atoms with Crippen LogP contribution < -0.4 is 0 Å². The Labute approximate surface area is 129 Å². The molecular weight excluding hydrogens is 264 g/mol. The molecule has 0 radical (unpaired) electrons. The van der Waals surface area contributed by atoms with Crippen LogP contribution in [0, 0.1) is 17.3 Å². The normalized spacial score (nSPS) is 34.5. The number of ether oxygens (including phenoxy) is 2. The SMILES string of the molecule is COC1CCC(C(C)(C)C2CCC(OC(C)=O)CC2)CC1. The van der Waals surface area contributed by atoms with E-state index in [2.05, 4.69) is 13.8 Å². The van der Waals surface area contributed by atoms with Gasteiger partial charge in [-0.2, -0.15) is 0 Å². The van der Waals surface area contributed by atoms with Crippen molar-refractivity contribution in [2.45, 2.75) is 84.3 Å². The minimum Gasteiger partial charge on any atom is -0.463 e. The van der Waals surface area contributed by atoms with E-state index in [0.29, 0.717) is 11.5 Å². The maximum Gasteiger partial charge on any atom is 0.302 e. The smallest absolute Gasteiger partial charge is 0.302 e. The molecule has 2 aliphatic carbocycles. The predicted molar refractivity (Wildman–Crippen MR) is 84.0 cm³/mol. The second-order valence-electron chi connectivity index (χ2n) is 7.61. The van der Waals surface area contributed by atoms with Crippen molar-refractivity contribution >= 4 is 5.97 Å². The van der Waals surface area contributed by atoms with Gasteiger partial charge >= 0.3 is 5.97 Å². The maximum atomic E-state index is 11.1. The molecule has 0 N–H and O–H groups in total. The Morgan fingerprint density at radius 3 is 1.67 bits per heavy atom. The van der Waals surface area contributed by atoms with Gasteiger partial charge in [-0.25, -0.2) is 0 Å². The maximum absolute atomic E-state index is 11.1. The van der Waals surface area contributed by atoms with Gasteiger partial charge in [-0.3, -0.25) is 4.79 Å². The number of hydrogen-bond donors (Lipinski definition) is 0. The van der Waals surface area contributed by atoms with Gasteiger partial charge in [0.15, 0.2) is 0 Å². The highest BCUT2D eigenvalue weighted by Gasteiger charge is 2.40. The van der Waals surface area contributed by atoms with Crippen molar-refractivity contribution in [3.05, 3.63) is 0 Å². The van der Waals surface area contributed by atoms with Crippen LogP contribution in [-0.4, -0.2) is 25.3 Å². The fraction of sp³-hybridized carbons (Fsp3) is 0.944. The molecule has 0 bridgehead atoms. The van der Waals surface area contributed by atoms with E-state index in [1.807, 2.05) is 7.11 Å². The molecule has 0 aromatic rings. The van der Waals surface area contributed by atoms with Crippen LogP contribution in [0.15, 0.2) is 0 Å². The van der Waals surface area contributed by atoms with Crippen molar-refractivity contribution in [2.75, 3.05) is 7.11 Å². The van der Waals surface area contributed by atoms with E-state index in [1.54, 1.807) is 0 Å². The number of carbonyl (C=O) groups excluding carboxylic acids is 1. The van der Waals surface area contributed by atoms with Crippen LogP contribution in [0.25, 0.3) is 0 Å². The van der Waals surface area contributed by atoms with Crippen LogP contribution in [0.3, 0.4) is 0 Å². The standard InChI is InChI=1S/C18H32O3/c1-13(19)21-17-11-7-15(8-12-17)18(2,3)14-5-9-16(20-4)10-6-14/h14-17H,5-12H2,1-4H3. The van der Waals surface area contributed by atoms with E-state index in [4.69, 9.17) is 9.47 Å². The zero-order valence-corrected chi connectivity index (χ0v) is 14.2. The van der Waals surface area contributed by atoms with Gasteiger partial charge in [-0.1, -0.05) is 13.8 Å². The fourth-order valence-electron chi connectivity index (χ4n) is 4.54. The molecule has 0 unspecified atom stereocenters. The Morgan fingerprint density at radius 2 is 1.29 bits per heavy atom. The molecule has 0 saturated heterocycles. The van der Waals surface area contributed by atoms with E-state index < -0.39 is 0 Å². The monoisotopic (exact) mass is 296 g/mol. The molecule has 3 heteroatoms. The molecule has 0 amide bonds. The second kappa shape index (κ2) is 7.13. The zero-order valence-electron chi connectivity index (χ0n) is 14.2. The van der Waals surface area contributed by atoms with Gasteiger partial charge in [0.25, 0.3) is 0 Å². The zero-order chi connectivity index (χ0) is 15.5. The van der Waals surface area contributed by atoms with E-state index in [0.717, 1.165) is 24.7 Å². The van der Waals surface area contributed by atoms with Crippen LogP contribution in [0.5, 0.6) is 0 Å². The molecule has 2 aliphatic rings. The summed E-state index contributed by atoms with van der Waals surface area (Å²) in [6.07, 6.45) is 10.2. The summed E-state index contributed by atoms with van der Waals surface area (Å²) >= 11 is 0. The van der Waals surface area contributed by atoms with Crippen molar-refractivity contribution in [3.63, 3.8) is 0 Å². The summed E-state index contributed by atoms with van der Waals surface area (Å²) in [6.45, 7) is 6.44.